The number of carbonyl (C=O) groups is 3. The first-order valence-corrected chi connectivity index (χ1v) is 39.4. The molecular weight excluding hydrogens is 1560 g/mol. The number of rotatable bonds is 12. The third kappa shape index (κ3) is 16.4. The number of carbonyl (C=O) groups excluding carboxylic acids is 3. The van der Waals surface area contributed by atoms with E-state index in [0.29, 0.717) is 112 Å². The van der Waals surface area contributed by atoms with Gasteiger partial charge < -0.3 is 16.0 Å². The highest BCUT2D eigenvalue weighted by Crippen LogP contribution is 2.32. The lowest BCUT2D eigenvalue weighted by molar-refractivity contribution is 0.0929. The smallest absolute Gasteiger partial charge is 0.267 e. The Morgan fingerprint density at radius 2 is 0.797 bits per heavy atom. The molecule has 3 amide bonds. The van der Waals surface area contributed by atoms with E-state index < -0.39 is 41.2 Å². The van der Waals surface area contributed by atoms with Gasteiger partial charge in [0.15, 0.2) is 28.6 Å². The summed E-state index contributed by atoms with van der Waals surface area (Å²) < 4.78 is 42.4. The number of nitrogens with zero attached hydrogens (tertiary/aromatic N) is 21. The largest absolute Gasteiger partial charge is 0.342 e. The minimum Gasteiger partial charge on any atom is -0.342 e. The number of fused-ring (bicyclic) bond motifs is 6. The van der Waals surface area contributed by atoms with Crippen LogP contribution < -0.4 is 32.6 Å². The molecule has 0 saturated heterocycles. The Hall–Kier alpha value is -16.0. The molecule has 12 heterocycles. The Kier molecular flexibility index (Phi) is 22.4. The van der Waals surface area contributed by atoms with Gasteiger partial charge in [0.1, 0.15) is 34.2 Å². The van der Waals surface area contributed by atoms with E-state index in [1.54, 1.807) is 180 Å². The van der Waals surface area contributed by atoms with E-state index in [1.807, 2.05) is 93.4 Å². The maximum absolute atomic E-state index is 14.4. The number of halogens is 2. The molecule has 3 N–H and O–H groups in total. The Labute approximate surface area is 700 Å². The van der Waals surface area contributed by atoms with Crippen molar-refractivity contribution in [2.75, 3.05) is 0 Å². The topological polar surface area (TPSA) is 336 Å². The highest BCUT2D eigenvalue weighted by molar-refractivity contribution is 6.03. The number of aromatic nitrogens is 21. The normalized spacial score (nSPS) is 12.7. The first kappa shape index (κ1) is 80.7. The molecule has 612 valence electrons. The van der Waals surface area contributed by atoms with Crippen LogP contribution in [0.15, 0.2) is 204 Å². The summed E-state index contributed by atoms with van der Waals surface area (Å²) >= 11 is 0. The quantitative estimate of drug-likeness (QED) is 0.0957. The van der Waals surface area contributed by atoms with E-state index in [2.05, 4.69) is 97.0 Å². The van der Waals surface area contributed by atoms with Gasteiger partial charge in [-0.05, 0) is 140 Å². The first-order valence-electron chi connectivity index (χ1n) is 39.4. The zero-order chi connectivity index (χ0) is 86.0. The average Bonchev–Trinajstić information content (AvgIpc) is 1.76. The van der Waals surface area contributed by atoms with Crippen LogP contribution in [0.4, 0.5) is 8.78 Å². The van der Waals surface area contributed by atoms with Crippen molar-refractivity contribution >= 4 is 67.4 Å². The maximum atomic E-state index is 14.4. The third-order valence-corrected chi connectivity index (χ3v) is 20.9. The molecule has 0 bridgehead atoms. The summed E-state index contributed by atoms with van der Waals surface area (Å²) in [5.74, 6) is 16.2. The number of hydrogen-bond donors (Lipinski definition) is 3. The van der Waals surface area contributed by atoms with Crippen LogP contribution in [0.2, 0.25) is 0 Å². The van der Waals surface area contributed by atoms with E-state index >= 15 is 0 Å². The Bertz CT molecular complexity index is 7490. The molecule has 1 aliphatic rings. The molecule has 0 unspecified atom stereocenters. The molecule has 0 aliphatic heterocycles. The van der Waals surface area contributed by atoms with E-state index in [-0.39, 0.29) is 51.4 Å². The van der Waals surface area contributed by atoms with Crippen molar-refractivity contribution < 1.29 is 23.2 Å². The fraction of sp³-hybridized carbons (Fsp3) is 0.209. The summed E-state index contributed by atoms with van der Waals surface area (Å²) in [5, 5.41) is 35.6. The van der Waals surface area contributed by atoms with Crippen LogP contribution in [-0.2, 0) is 21.1 Å². The van der Waals surface area contributed by atoms with Crippen LogP contribution in [0.25, 0.3) is 61.0 Å². The van der Waals surface area contributed by atoms with E-state index in [9.17, 15) is 37.5 Å². The Morgan fingerprint density at radius 3 is 1.18 bits per heavy atom. The first-order chi connectivity index (χ1) is 59.4. The number of amides is 3. The van der Waals surface area contributed by atoms with Gasteiger partial charge in [-0.2, -0.15) is 30.6 Å². The molecule has 3 atom stereocenters. The molecule has 1 fully saturated rings. The fourth-order valence-corrected chi connectivity index (χ4v) is 15.1. The van der Waals surface area contributed by atoms with Gasteiger partial charge in [0, 0.05) is 106 Å². The third-order valence-electron chi connectivity index (χ3n) is 20.9. The molecule has 32 heteroatoms. The van der Waals surface area contributed by atoms with Crippen LogP contribution in [0.3, 0.4) is 0 Å². The zero-order valence-corrected chi connectivity index (χ0v) is 68.3. The predicted octanol–water partition coefficient (Wildman–Crippen LogP) is 11.2. The number of benzene rings is 5. The van der Waals surface area contributed by atoms with Crippen LogP contribution in [0.1, 0.15) is 182 Å². The maximum Gasteiger partial charge on any atom is 0.267 e. The fourth-order valence-electron chi connectivity index (χ4n) is 15.1. The Balaban J connectivity index is 0.000000137. The van der Waals surface area contributed by atoms with Crippen molar-refractivity contribution in [2.45, 2.75) is 105 Å². The molecule has 1 aliphatic carbocycles. The van der Waals surface area contributed by atoms with Crippen LogP contribution >= 0.6 is 0 Å². The highest BCUT2D eigenvalue weighted by atomic mass is 19.2. The molecule has 5 aromatic carbocycles. The lowest BCUT2D eigenvalue weighted by Gasteiger charge is -2.28. The van der Waals surface area contributed by atoms with Gasteiger partial charge in [0.25, 0.3) is 34.4 Å². The van der Waals surface area contributed by atoms with E-state index in [4.69, 9.17) is 15.0 Å². The number of nitrogens with one attached hydrogen (secondary N) is 3. The van der Waals surface area contributed by atoms with Crippen LogP contribution in [0, 0.1) is 74.9 Å². The molecule has 17 aromatic rings. The summed E-state index contributed by atoms with van der Waals surface area (Å²) in [6, 6.07) is 29.9. The van der Waals surface area contributed by atoms with Gasteiger partial charge in [-0.25, -0.2) is 52.2 Å². The molecule has 12 aromatic heterocycles. The van der Waals surface area contributed by atoms with Crippen molar-refractivity contribution in [1.29, 1.82) is 0 Å². The van der Waals surface area contributed by atoms with Crippen molar-refractivity contribution in [1.82, 2.24) is 118 Å². The molecule has 18 rings (SSSR count). The van der Waals surface area contributed by atoms with Gasteiger partial charge in [-0.15, -0.1) is 0 Å². The lowest BCUT2D eigenvalue weighted by Crippen LogP contribution is -2.36. The van der Waals surface area contributed by atoms with E-state index in [0.717, 1.165) is 65.5 Å². The van der Waals surface area contributed by atoms with Crippen molar-refractivity contribution in [2.24, 2.45) is 21.1 Å². The van der Waals surface area contributed by atoms with Gasteiger partial charge in [0.2, 0.25) is 0 Å². The molecule has 1 saturated carbocycles. The highest BCUT2D eigenvalue weighted by Gasteiger charge is 2.31. The van der Waals surface area contributed by atoms with Crippen molar-refractivity contribution in [3.63, 3.8) is 0 Å². The SMILES string of the molecule is Cc1ccc(-n2c([C@H](C)NC(=O)c3c(C)nn4cccnc34)nc3cccc(C#Cc4cnn(C)c4)c3c2=O)cc1.Cc1nn2cccnc2c1C(=O)N[C@@H](C)c1nc2cccc(C#Cc3cnn(C)c3)c2c(=O)n1-c1ccc(F)c(F)c1.Cc1nn2cccnc2c1C(=O)N[C@@H](C)c1nc2cccc(C#Cc3cnn(C)c3)c2c(=O)n1C1CCCCC1. The second-order valence-electron chi connectivity index (χ2n) is 29.8. The summed E-state index contributed by atoms with van der Waals surface area (Å²) in [7, 11) is 5.43. The van der Waals surface area contributed by atoms with Gasteiger partial charge >= 0.3 is 0 Å². The molecular formula is C91H78F2N24O6. The summed E-state index contributed by atoms with van der Waals surface area (Å²) in [5.41, 5.74) is 9.77. The summed E-state index contributed by atoms with van der Waals surface area (Å²) in [6.07, 6.45) is 25.3. The second-order valence-corrected chi connectivity index (χ2v) is 29.8. The predicted molar refractivity (Wildman–Crippen MR) is 456 cm³/mol. The summed E-state index contributed by atoms with van der Waals surface area (Å²) in [4.78, 5) is 111. The van der Waals surface area contributed by atoms with Crippen LogP contribution in [-0.4, -0.2) is 120 Å². The number of aryl methyl sites for hydroxylation is 7. The second kappa shape index (κ2) is 34.1. The molecule has 0 radical (unpaired) electrons. The molecule has 30 nitrogen and oxygen atoms in total. The minimum atomic E-state index is -1.14. The zero-order valence-electron chi connectivity index (χ0n) is 68.3. The minimum absolute atomic E-state index is 0.00669. The van der Waals surface area contributed by atoms with Gasteiger partial charge in [0.05, 0.1) is 115 Å². The monoisotopic (exact) mass is 1640 g/mol. The Morgan fingerprint density at radius 1 is 0.431 bits per heavy atom. The average molecular weight is 1640 g/mol. The lowest BCUT2D eigenvalue weighted by atomic mass is 9.94. The number of hydrogen-bond acceptors (Lipinski definition) is 18. The van der Waals surface area contributed by atoms with Crippen molar-refractivity contribution in [3.05, 3.63) is 323 Å². The van der Waals surface area contributed by atoms with Crippen LogP contribution in [0.5, 0.6) is 0 Å². The van der Waals surface area contributed by atoms with Gasteiger partial charge in [-0.1, -0.05) is 90.7 Å². The van der Waals surface area contributed by atoms with Crippen molar-refractivity contribution in [3.8, 4) is 46.9 Å². The standard InChI is InChI=1S/C31H26N8O2.C30H22F2N8O2.C30H30N8O2/c1-19-9-13-24(14-10-19)39-28(21(3)34-30(40)26-20(2)36-38-16-6-15-32-29(26)38)35-25-8-5-7-23(27(25)31(39)41)12-11-22-17-33-37(4)18-22;1-17-25(28-33-12-5-13-39(28)37-17)29(41)35-18(2)27-36-24-7-4-6-20(9-8-19-15-34-38(3)16-19)26(24)30(42)40(27)21-10-11-22(31)23(32)14-21;1-19-25(28-31-15-8-16-37(28)35-19)29(39)33-20(2)27-34-24-12-7-9-22(14-13-21-17-32-36(3)18-21)26(24)30(40)38(27)23-10-5-4-6-11-23/h5-10,13-18,21H,1-4H3,(H,34,40);4-7,10-16,18H,1-3H3,(H,35,41);7-9,12,15-18,20,23H,4-6,10-11H2,1-3H3,(H,33,39)/t21-;18-;20-/m000/s1. The van der Waals surface area contributed by atoms with Gasteiger partial charge in [-0.3, -0.25) is 56.5 Å². The molecule has 123 heavy (non-hydrogen) atoms. The van der Waals surface area contributed by atoms with E-state index in [1.165, 1.54) is 10.6 Å². The molecule has 0 spiro atoms. The summed E-state index contributed by atoms with van der Waals surface area (Å²) in [6.45, 7) is 12.5.